The van der Waals surface area contributed by atoms with Gasteiger partial charge >= 0.3 is 17.1 Å². The first kappa shape index (κ1) is 16.9. The Bertz CT molecular complexity index is 616. The van der Waals surface area contributed by atoms with Crippen molar-refractivity contribution < 1.29 is 0 Å². The van der Waals surface area contributed by atoms with Crippen LogP contribution in [0, 0.1) is 0 Å². The molecule has 21 heavy (non-hydrogen) atoms. The smallest absolute Gasteiger partial charge is 0.247 e. The molecule has 1 aromatic heterocycles. The molecule has 0 amide bonds. The van der Waals surface area contributed by atoms with Gasteiger partial charge in [0, 0.05) is 6.54 Å². The van der Waals surface area contributed by atoms with Gasteiger partial charge in [-0.3, -0.25) is 0 Å². The Morgan fingerprint density at radius 1 is 0.810 bits per heavy atom. The average Bonchev–Trinajstić information content (AvgIpc) is 2.47. The fourth-order valence-electron chi connectivity index (χ4n) is 2.14. The van der Waals surface area contributed by atoms with Crippen LogP contribution in [-0.2, 0) is 19.6 Å². The highest BCUT2D eigenvalue weighted by molar-refractivity contribution is 4.84. The molecule has 0 radical (unpaired) electrons. The Balaban J connectivity index is 3.31. The van der Waals surface area contributed by atoms with E-state index in [1.807, 2.05) is 0 Å². The van der Waals surface area contributed by atoms with Crippen LogP contribution in [0.2, 0.25) is 0 Å². The van der Waals surface area contributed by atoms with Gasteiger partial charge in [-0.2, -0.15) is 0 Å². The maximum absolute atomic E-state index is 12.3. The predicted molar refractivity (Wildman–Crippen MR) is 83.8 cm³/mol. The van der Waals surface area contributed by atoms with E-state index in [-0.39, 0.29) is 13.1 Å². The third kappa shape index (κ3) is 3.93. The minimum Gasteiger partial charge on any atom is -0.247 e. The van der Waals surface area contributed by atoms with Crippen LogP contribution in [0.25, 0.3) is 0 Å². The average molecular weight is 293 g/mol. The normalized spacial score (nSPS) is 10.5. The van der Waals surface area contributed by atoms with Crippen molar-refractivity contribution in [3.8, 4) is 0 Å². The second-order valence-electron chi connectivity index (χ2n) is 4.86. The second-order valence-corrected chi connectivity index (χ2v) is 4.86. The van der Waals surface area contributed by atoms with Gasteiger partial charge in [0.2, 0.25) is 0 Å². The first-order valence-corrected chi connectivity index (χ1v) is 7.24. The molecular formula is C15H23N3O3. The highest BCUT2D eigenvalue weighted by atomic mass is 16.2. The van der Waals surface area contributed by atoms with Gasteiger partial charge in [0.25, 0.3) is 0 Å². The Kier molecular flexibility index (Phi) is 6.65. The molecule has 1 heterocycles. The lowest BCUT2D eigenvalue weighted by atomic mass is 10.2. The maximum atomic E-state index is 12.3. The number of nitrogens with zero attached hydrogens (tertiary/aromatic N) is 3. The molecule has 0 fully saturated rings. The SMILES string of the molecule is C=CCn1c(=O)n(CC=C)c(=O)n(CCCCCC)c1=O. The van der Waals surface area contributed by atoms with Crippen LogP contribution in [0.4, 0.5) is 0 Å². The number of unbranched alkanes of at least 4 members (excludes halogenated alkanes) is 3. The van der Waals surface area contributed by atoms with Crippen LogP contribution in [0.5, 0.6) is 0 Å². The Labute approximate surface area is 123 Å². The van der Waals surface area contributed by atoms with Crippen LogP contribution in [0.1, 0.15) is 32.6 Å². The predicted octanol–water partition coefficient (Wildman–Crippen LogP) is 1.12. The first-order valence-electron chi connectivity index (χ1n) is 7.24. The molecule has 0 aromatic carbocycles. The highest BCUT2D eigenvalue weighted by Crippen LogP contribution is 1.99. The van der Waals surface area contributed by atoms with Crippen molar-refractivity contribution in [2.24, 2.45) is 0 Å². The number of aromatic nitrogens is 3. The van der Waals surface area contributed by atoms with Crippen LogP contribution >= 0.6 is 0 Å². The molecule has 6 heteroatoms. The molecule has 0 N–H and O–H groups in total. The molecule has 0 saturated carbocycles. The number of rotatable bonds is 9. The number of allylic oxidation sites excluding steroid dienone is 2. The molecule has 0 saturated heterocycles. The largest absolute Gasteiger partial charge is 0.336 e. The number of hydrogen-bond donors (Lipinski definition) is 0. The monoisotopic (exact) mass is 293 g/mol. The molecule has 116 valence electrons. The first-order chi connectivity index (χ1) is 10.1. The molecule has 0 aliphatic carbocycles. The summed E-state index contributed by atoms with van der Waals surface area (Å²) < 4.78 is 3.18. The van der Waals surface area contributed by atoms with Gasteiger partial charge in [-0.15, -0.1) is 13.2 Å². The van der Waals surface area contributed by atoms with E-state index in [2.05, 4.69) is 20.1 Å². The van der Waals surface area contributed by atoms with Gasteiger partial charge in [-0.25, -0.2) is 28.1 Å². The van der Waals surface area contributed by atoms with Gasteiger partial charge in [0.05, 0.1) is 13.1 Å². The van der Waals surface area contributed by atoms with Gasteiger partial charge < -0.3 is 0 Å². The summed E-state index contributed by atoms with van der Waals surface area (Å²) in [6.07, 6.45) is 6.75. The minimum absolute atomic E-state index is 0.0874. The lowest BCUT2D eigenvalue weighted by Crippen LogP contribution is -2.54. The summed E-state index contributed by atoms with van der Waals surface area (Å²) in [5, 5.41) is 0. The van der Waals surface area contributed by atoms with Crippen LogP contribution in [0.3, 0.4) is 0 Å². The Hall–Kier alpha value is -2.11. The summed E-state index contributed by atoms with van der Waals surface area (Å²) in [4.78, 5) is 36.7. The third-order valence-corrected chi connectivity index (χ3v) is 3.24. The summed E-state index contributed by atoms with van der Waals surface area (Å²) in [5.41, 5.74) is -1.75. The van der Waals surface area contributed by atoms with E-state index in [0.29, 0.717) is 6.54 Å². The molecule has 0 spiro atoms. The summed E-state index contributed by atoms with van der Waals surface area (Å²) in [5.74, 6) is 0. The lowest BCUT2D eigenvalue weighted by molar-refractivity contribution is 0.459. The van der Waals surface area contributed by atoms with Gasteiger partial charge in [0.1, 0.15) is 0 Å². The quantitative estimate of drug-likeness (QED) is 0.506. The summed E-state index contributed by atoms with van der Waals surface area (Å²) in [6.45, 7) is 9.67. The highest BCUT2D eigenvalue weighted by Gasteiger charge is 2.13. The second kappa shape index (κ2) is 8.24. The zero-order valence-electron chi connectivity index (χ0n) is 12.6. The van der Waals surface area contributed by atoms with Gasteiger partial charge in [-0.05, 0) is 6.42 Å². The van der Waals surface area contributed by atoms with Crippen molar-refractivity contribution in [1.82, 2.24) is 13.7 Å². The van der Waals surface area contributed by atoms with Crippen molar-refractivity contribution >= 4 is 0 Å². The third-order valence-electron chi connectivity index (χ3n) is 3.24. The molecule has 0 atom stereocenters. The zero-order chi connectivity index (χ0) is 15.8. The van der Waals surface area contributed by atoms with Gasteiger partial charge in [0.15, 0.2) is 0 Å². The lowest BCUT2D eigenvalue weighted by Gasteiger charge is -2.11. The van der Waals surface area contributed by atoms with Crippen LogP contribution in [0.15, 0.2) is 39.7 Å². The Morgan fingerprint density at radius 3 is 1.71 bits per heavy atom. The van der Waals surface area contributed by atoms with Crippen molar-refractivity contribution in [2.75, 3.05) is 0 Å². The van der Waals surface area contributed by atoms with Crippen molar-refractivity contribution in [3.63, 3.8) is 0 Å². The van der Waals surface area contributed by atoms with E-state index in [4.69, 9.17) is 0 Å². The fraction of sp³-hybridized carbons (Fsp3) is 0.533. The molecule has 1 rings (SSSR count). The molecule has 0 bridgehead atoms. The van der Waals surface area contributed by atoms with Crippen LogP contribution < -0.4 is 17.1 Å². The van der Waals surface area contributed by atoms with E-state index in [9.17, 15) is 14.4 Å². The van der Waals surface area contributed by atoms with Gasteiger partial charge in [-0.1, -0.05) is 38.3 Å². The van der Waals surface area contributed by atoms with Crippen molar-refractivity contribution in [3.05, 3.63) is 56.8 Å². The number of hydrogen-bond acceptors (Lipinski definition) is 3. The van der Waals surface area contributed by atoms with E-state index in [1.165, 1.54) is 12.2 Å². The van der Waals surface area contributed by atoms with E-state index in [1.54, 1.807) is 0 Å². The Morgan fingerprint density at radius 2 is 1.29 bits per heavy atom. The zero-order valence-corrected chi connectivity index (χ0v) is 12.6. The van der Waals surface area contributed by atoms with E-state index >= 15 is 0 Å². The van der Waals surface area contributed by atoms with Crippen molar-refractivity contribution in [2.45, 2.75) is 52.2 Å². The van der Waals surface area contributed by atoms with E-state index in [0.717, 1.165) is 39.4 Å². The van der Waals surface area contributed by atoms with E-state index < -0.39 is 17.1 Å². The standard InChI is InChI=1S/C15H23N3O3/c1-4-7-8-9-12-18-14(20)16(10-5-2)13(19)17(11-6-3)15(18)21/h5-6H,2-4,7-12H2,1H3. The molecular weight excluding hydrogens is 270 g/mol. The molecule has 1 aromatic rings. The summed E-state index contributed by atoms with van der Waals surface area (Å²) in [6, 6.07) is 0. The summed E-state index contributed by atoms with van der Waals surface area (Å²) >= 11 is 0. The molecule has 6 nitrogen and oxygen atoms in total. The fourth-order valence-corrected chi connectivity index (χ4v) is 2.14. The molecule has 0 unspecified atom stereocenters. The maximum Gasteiger partial charge on any atom is 0.336 e. The molecule has 0 aliphatic rings. The van der Waals surface area contributed by atoms with Crippen LogP contribution in [-0.4, -0.2) is 13.7 Å². The minimum atomic E-state index is -0.616. The summed E-state index contributed by atoms with van der Waals surface area (Å²) in [7, 11) is 0. The molecule has 0 aliphatic heterocycles. The topological polar surface area (TPSA) is 66.0 Å². The van der Waals surface area contributed by atoms with Crippen molar-refractivity contribution in [1.29, 1.82) is 0 Å².